The lowest BCUT2D eigenvalue weighted by atomic mass is 9.47. The Morgan fingerprint density at radius 2 is 1.47 bits per heavy atom. The van der Waals surface area contributed by atoms with Crippen molar-refractivity contribution < 1.29 is 19.1 Å². The largest absolute Gasteiger partial charge is 0.469 e. The molecule has 4 heteroatoms. The Balaban J connectivity index is 2.01. The molecule has 4 aliphatic rings. The highest BCUT2D eigenvalue weighted by Gasteiger charge is 2.59. The van der Waals surface area contributed by atoms with E-state index in [-0.39, 0.29) is 23.8 Å². The minimum Gasteiger partial charge on any atom is -0.469 e. The van der Waals surface area contributed by atoms with Crippen LogP contribution in [-0.4, -0.2) is 26.2 Å². The van der Waals surface area contributed by atoms with E-state index in [1.165, 1.54) is 19.8 Å². The third-order valence-corrected chi connectivity index (χ3v) is 4.97. The van der Waals surface area contributed by atoms with Crippen molar-refractivity contribution >= 4 is 11.9 Å². The Hall–Kier alpha value is -1.58. The standard InChI is InChI=1S/C15H18O4/c1-7-6-10-8-4-5-9(11(7)10)13(15(17)19-3)12(8)14(16)18-2/h4-6,8-13H,1-3H3/t8-,9-,10+,11-,12+,13+/m0/s1. The van der Waals surface area contributed by atoms with Gasteiger partial charge in [-0.05, 0) is 30.6 Å². The first kappa shape index (κ1) is 12.5. The Bertz CT molecular complexity index is 490. The van der Waals surface area contributed by atoms with Crippen LogP contribution in [0.25, 0.3) is 0 Å². The Morgan fingerprint density at radius 3 is 2.00 bits per heavy atom. The molecule has 4 rings (SSSR count). The number of carbonyl (C=O) groups excluding carboxylic acids is 2. The number of rotatable bonds is 2. The van der Waals surface area contributed by atoms with E-state index in [1.54, 1.807) is 0 Å². The highest BCUT2D eigenvalue weighted by atomic mass is 16.5. The summed E-state index contributed by atoms with van der Waals surface area (Å²) in [5.74, 6) is -0.513. The molecule has 102 valence electrons. The minimum absolute atomic E-state index is 0.0650. The van der Waals surface area contributed by atoms with Crippen LogP contribution in [0, 0.1) is 35.5 Å². The van der Waals surface area contributed by atoms with Gasteiger partial charge in [0.2, 0.25) is 0 Å². The summed E-state index contributed by atoms with van der Waals surface area (Å²) in [6.07, 6.45) is 6.38. The van der Waals surface area contributed by atoms with Gasteiger partial charge >= 0.3 is 11.9 Å². The van der Waals surface area contributed by atoms with Crippen LogP contribution >= 0.6 is 0 Å². The second kappa shape index (κ2) is 4.22. The molecular formula is C15H18O4. The van der Waals surface area contributed by atoms with Crippen LogP contribution in [0.4, 0.5) is 0 Å². The van der Waals surface area contributed by atoms with Crippen LogP contribution in [0.15, 0.2) is 23.8 Å². The summed E-state index contributed by atoms with van der Waals surface area (Å²) < 4.78 is 9.81. The summed E-state index contributed by atoms with van der Waals surface area (Å²) in [7, 11) is 2.76. The third kappa shape index (κ3) is 1.52. The van der Waals surface area contributed by atoms with Crippen molar-refractivity contribution in [3.8, 4) is 0 Å². The van der Waals surface area contributed by atoms with Crippen molar-refractivity contribution in [2.75, 3.05) is 14.2 Å². The molecule has 0 aromatic heterocycles. The van der Waals surface area contributed by atoms with E-state index in [2.05, 4.69) is 25.2 Å². The molecule has 19 heavy (non-hydrogen) atoms. The first-order valence-electron chi connectivity index (χ1n) is 6.62. The normalized spacial score (nSPS) is 41.9. The molecule has 0 aliphatic heterocycles. The highest BCUT2D eigenvalue weighted by molar-refractivity contribution is 5.84. The molecule has 0 radical (unpaired) electrons. The van der Waals surface area contributed by atoms with Crippen LogP contribution in [0.3, 0.4) is 0 Å². The fraction of sp³-hybridized carbons (Fsp3) is 0.600. The number of methoxy groups -OCH3 is 2. The van der Waals surface area contributed by atoms with E-state index in [9.17, 15) is 9.59 Å². The van der Waals surface area contributed by atoms with Crippen LogP contribution in [0.2, 0.25) is 0 Å². The fourth-order valence-corrected chi connectivity index (χ4v) is 4.18. The number of carbonyl (C=O) groups is 2. The van der Waals surface area contributed by atoms with Crippen molar-refractivity contribution in [1.29, 1.82) is 0 Å². The number of ether oxygens (including phenoxy) is 2. The first-order chi connectivity index (χ1) is 9.10. The van der Waals surface area contributed by atoms with Gasteiger partial charge in [0.05, 0.1) is 26.1 Å². The number of allylic oxidation sites excluding steroid dienone is 4. The second-order valence-corrected chi connectivity index (χ2v) is 5.65. The zero-order chi connectivity index (χ0) is 13.7. The summed E-state index contributed by atoms with van der Waals surface area (Å²) in [5, 5.41) is 0. The molecule has 2 bridgehead atoms. The molecular weight excluding hydrogens is 244 g/mol. The molecule has 4 nitrogen and oxygen atoms in total. The maximum Gasteiger partial charge on any atom is 0.310 e. The van der Waals surface area contributed by atoms with E-state index >= 15 is 0 Å². The average Bonchev–Trinajstić information content (AvgIpc) is 2.42. The van der Waals surface area contributed by atoms with E-state index < -0.39 is 11.8 Å². The molecule has 0 spiro atoms. The molecule has 6 atom stereocenters. The van der Waals surface area contributed by atoms with E-state index in [4.69, 9.17) is 9.47 Å². The predicted molar refractivity (Wildman–Crippen MR) is 67.9 cm³/mol. The average molecular weight is 262 g/mol. The number of esters is 2. The van der Waals surface area contributed by atoms with Crippen molar-refractivity contribution in [1.82, 2.24) is 0 Å². The SMILES string of the molecule is COC(=O)[C@@H]1[C@H]2C=C[C@@H]([C@@H]3C(C)=C[C@H]23)[C@H]1C(=O)OC. The van der Waals surface area contributed by atoms with Gasteiger partial charge in [-0.25, -0.2) is 0 Å². The second-order valence-electron chi connectivity index (χ2n) is 5.65. The maximum atomic E-state index is 12.1. The first-order valence-corrected chi connectivity index (χ1v) is 6.62. The Labute approximate surface area is 112 Å². The van der Waals surface area contributed by atoms with Gasteiger partial charge in [0.15, 0.2) is 0 Å². The van der Waals surface area contributed by atoms with Crippen LogP contribution in [0.1, 0.15) is 6.92 Å². The molecule has 0 aromatic carbocycles. The lowest BCUT2D eigenvalue weighted by Gasteiger charge is -2.55. The monoisotopic (exact) mass is 262 g/mol. The Kier molecular flexibility index (Phi) is 2.77. The zero-order valence-corrected chi connectivity index (χ0v) is 11.3. The summed E-state index contributed by atoms with van der Waals surface area (Å²) in [4.78, 5) is 24.1. The smallest absolute Gasteiger partial charge is 0.310 e. The fourth-order valence-electron chi connectivity index (χ4n) is 4.18. The van der Waals surface area contributed by atoms with Gasteiger partial charge in [-0.1, -0.05) is 23.8 Å². The minimum atomic E-state index is -0.405. The molecule has 4 aliphatic carbocycles. The Morgan fingerprint density at radius 1 is 0.947 bits per heavy atom. The molecule has 0 unspecified atom stereocenters. The van der Waals surface area contributed by atoms with Crippen molar-refractivity contribution in [3.05, 3.63) is 23.8 Å². The van der Waals surface area contributed by atoms with Crippen molar-refractivity contribution in [2.24, 2.45) is 35.5 Å². The maximum absolute atomic E-state index is 12.1. The van der Waals surface area contributed by atoms with E-state index in [0.29, 0.717) is 11.8 Å². The molecule has 1 fully saturated rings. The summed E-state index contributed by atoms with van der Waals surface area (Å²) in [6, 6.07) is 0. The number of hydrogen-bond acceptors (Lipinski definition) is 4. The van der Waals surface area contributed by atoms with Crippen LogP contribution in [0.5, 0.6) is 0 Å². The van der Waals surface area contributed by atoms with E-state index in [0.717, 1.165) is 0 Å². The predicted octanol–water partition coefficient (Wildman–Crippen LogP) is 1.57. The molecule has 0 amide bonds. The van der Waals surface area contributed by atoms with E-state index in [1.807, 2.05) is 0 Å². The van der Waals surface area contributed by atoms with Crippen molar-refractivity contribution in [2.45, 2.75) is 6.92 Å². The molecule has 0 saturated heterocycles. The number of fused-ring (bicyclic) bond motifs is 1. The highest BCUT2D eigenvalue weighted by Crippen LogP contribution is 2.59. The van der Waals surface area contributed by atoms with Gasteiger partial charge in [0, 0.05) is 0 Å². The van der Waals surface area contributed by atoms with Crippen molar-refractivity contribution in [3.63, 3.8) is 0 Å². The van der Waals surface area contributed by atoms with Gasteiger partial charge in [-0.3, -0.25) is 9.59 Å². The van der Waals surface area contributed by atoms with Gasteiger partial charge < -0.3 is 9.47 Å². The number of hydrogen-bond donors (Lipinski definition) is 0. The molecule has 0 heterocycles. The van der Waals surface area contributed by atoms with Crippen LogP contribution in [-0.2, 0) is 19.1 Å². The summed E-state index contributed by atoms with van der Waals surface area (Å²) in [5.41, 5.74) is 1.32. The molecule has 0 aromatic rings. The van der Waals surface area contributed by atoms with Gasteiger partial charge in [0.25, 0.3) is 0 Å². The van der Waals surface area contributed by atoms with Gasteiger partial charge in [0.1, 0.15) is 0 Å². The lowest BCUT2D eigenvalue weighted by molar-refractivity contribution is -0.168. The topological polar surface area (TPSA) is 52.6 Å². The summed E-state index contributed by atoms with van der Waals surface area (Å²) in [6.45, 7) is 2.09. The van der Waals surface area contributed by atoms with Gasteiger partial charge in [-0.15, -0.1) is 0 Å². The van der Waals surface area contributed by atoms with Crippen LogP contribution < -0.4 is 0 Å². The molecule has 1 saturated carbocycles. The quantitative estimate of drug-likeness (QED) is 0.560. The lowest BCUT2D eigenvalue weighted by Crippen LogP contribution is -2.56. The third-order valence-electron chi connectivity index (χ3n) is 4.97. The molecule has 0 N–H and O–H groups in total. The zero-order valence-electron chi connectivity index (χ0n) is 11.3. The summed E-state index contributed by atoms with van der Waals surface area (Å²) >= 11 is 0. The van der Waals surface area contributed by atoms with Gasteiger partial charge in [-0.2, -0.15) is 0 Å².